The summed E-state index contributed by atoms with van der Waals surface area (Å²) in [5.41, 5.74) is 8.36. The van der Waals surface area contributed by atoms with Gasteiger partial charge >= 0.3 is 6.03 Å². The number of nitrogens with two attached hydrogens (primary N) is 1. The average molecular weight is 340 g/mol. The van der Waals surface area contributed by atoms with Crippen molar-refractivity contribution in [2.75, 3.05) is 18.9 Å². The smallest absolute Gasteiger partial charge is 0.316 e. The monoisotopic (exact) mass is 340 g/mol. The van der Waals surface area contributed by atoms with Crippen molar-refractivity contribution in [1.82, 2.24) is 10.6 Å². The highest BCUT2D eigenvalue weighted by atomic mass is 16.2. The fraction of sp³-hybridized carbons (Fsp3) is 0.263. The van der Waals surface area contributed by atoms with Crippen LogP contribution in [0.2, 0.25) is 0 Å². The molecule has 3 amide bonds. The van der Waals surface area contributed by atoms with Crippen LogP contribution in [0.15, 0.2) is 48.5 Å². The van der Waals surface area contributed by atoms with E-state index in [0.29, 0.717) is 11.3 Å². The molecule has 0 heterocycles. The van der Waals surface area contributed by atoms with Gasteiger partial charge in [-0.3, -0.25) is 4.79 Å². The minimum absolute atomic E-state index is 0.0986. The van der Waals surface area contributed by atoms with E-state index in [1.54, 1.807) is 12.1 Å². The predicted molar refractivity (Wildman–Crippen MR) is 99.6 cm³/mol. The lowest BCUT2D eigenvalue weighted by atomic mass is 10.0. The van der Waals surface area contributed by atoms with Crippen LogP contribution >= 0.6 is 0 Å². The molecule has 0 fully saturated rings. The summed E-state index contributed by atoms with van der Waals surface area (Å²) in [6.45, 7) is 2.73. The van der Waals surface area contributed by atoms with Crippen molar-refractivity contribution < 1.29 is 9.59 Å². The summed E-state index contributed by atoms with van der Waals surface area (Å²) in [4.78, 5) is 23.5. The Bertz CT molecular complexity index is 728. The second kappa shape index (κ2) is 8.84. The van der Waals surface area contributed by atoms with Crippen molar-refractivity contribution in [2.24, 2.45) is 5.73 Å². The minimum atomic E-state index is -0.604. The van der Waals surface area contributed by atoms with E-state index in [2.05, 4.69) is 16.0 Å². The maximum Gasteiger partial charge on any atom is 0.316 e. The summed E-state index contributed by atoms with van der Waals surface area (Å²) in [6.07, 6.45) is 0.794. The first-order chi connectivity index (χ1) is 12.0. The largest absolute Gasteiger partial charge is 0.351 e. The van der Waals surface area contributed by atoms with Gasteiger partial charge in [-0.15, -0.1) is 0 Å². The molecular weight excluding hydrogens is 316 g/mol. The first-order valence-electron chi connectivity index (χ1n) is 8.21. The predicted octanol–water partition coefficient (Wildman–Crippen LogP) is 2.43. The van der Waals surface area contributed by atoms with E-state index >= 15 is 0 Å². The summed E-state index contributed by atoms with van der Waals surface area (Å²) < 4.78 is 0. The van der Waals surface area contributed by atoms with Crippen LogP contribution in [-0.2, 0) is 6.42 Å². The van der Waals surface area contributed by atoms with Crippen molar-refractivity contribution in [1.29, 1.82) is 0 Å². The van der Waals surface area contributed by atoms with Crippen LogP contribution in [-0.4, -0.2) is 25.5 Å². The quantitative estimate of drug-likeness (QED) is 0.623. The Hall–Kier alpha value is -2.86. The topological polar surface area (TPSA) is 96.2 Å². The summed E-state index contributed by atoms with van der Waals surface area (Å²) in [5.74, 6) is -0.0986. The highest BCUT2D eigenvalue weighted by molar-refractivity contribution is 5.96. The third-order valence-electron chi connectivity index (χ3n) is 3.93. The highest BCUT2D eigenvalue weighted by Crippen LogP contribution is 2.17. The number of hydrogen-bond donors (Lipinski definition) is 4. The molecule has 2 aromatic rings. The zero-order valence-corrected chi connectivity index (χ0v) is 14.5. The Kier molecular flexibility index (Phi) is 6.54. The zero-order chi connectivity index (χ0) is 18.2. The second-order valence-corrected chi connectivity index (χ2v) is 5.82. The number of carbonyl (C=O) groups is 2. The zero-order valence-electron chi connectivity index (χ0n) is 14.5. The molecule has 0 aliphatic heterocycles. The van der Waals surface area contributed by atoms with Gasteiger partial charge in [0.15, 0.2) is 0 Å². The van der Waals surface area contributed by atoms with E-state index in [-0.39, 0.29) is 11.9 Å². The third kappa shape index (κ3) is 5.32. The van der Waals surface area contributed by atoms with E-state index in [4.69, 9.17) is 5.73 Å². The van der Waals surface area contributed by atoms with E-state index in [0.717, 1.165) is 24.1 Å². The number of nitrogens with one attached hydrogen (secondary N) is 3. The number of amides is 3. The normalized spacial score (nSPS) is 11.6. The van der Waals surface area contributed by atoms with E-state index in [1.807, 2.05) is 50.4 Å². The first kappa shape index (κ1) is 18.5. The van der Waals surface area contributed by atoms with Crippen molar-refractivity contribution in [3.05, 3.63) is 65.2 Å². The lowest BCUT2D eigenvalue weighted by molar-refractivity contribution is 0.0939. The molecule has 25 heavy (non-hydrogen) atoms. The number of likely N-dealkylation sites (N-methyl/N-ethyl adjacent to an activating group) is 1. The number of anilines is 1. The second-order valence-electron chi connectivity index (χ2n) is 5.82. The number of benzene rings is 2. The fourth-order valence-electron chi connectivity index (χ4n) is 2.57. The number of rotatable bonds is 7. The summed E-state index contributed by atoms with van der Waals surface area (Å²) in [7, 11) is 1.89. The standard InChI is InChI=1S/C19H24N4O2/c1-13(14-7-9-16(10-8-14)23-19(20)25)22-18(24)17-6-4-3-5-15(17)11-12-21-2/h3-10,13,21H,11-12H2,1-2H3,(H,22,24)(H3,20,23,25). The van der Waals surface area contributed by atoms with Gasteiger partial charge in [0.25, 0.3) is 5.91 Å². The van der Waals surface area contributed by atoms with Gasteiger partial charge in [0.1, 0.15) is 0 Å². The number of urea groups is 1. The molecule has 1 atom stereocenters. The SMILES string of the molecule is CNCCc1ccccc1C(=O)NC(C)c1ccc(NC(N)=O)cc1. The van der Waals surface area contributed by atoms with Crippen LogP contribution in [0.1, 0.15) is 34.5 Å². The number of hydrogen-bond acceptors (Lipinski definition) is 3. The van der Waals surface area contributed by atoms with Crippen LogP contribution in [0.4, 0.5) is 10.5 Å². The molecule has 0 saturated carbocycles. The lowest BCUT2D eigenvalue weighted by Gasteiger charge is -2.16. The van der Waals surface area contributed by atoms with Gasteiger partial charge in [-0.1, -0.05) is 30.3 Å². The van der Waals surface area contributed by atoms with Crippen LogP contribution in [0.25, 0.3) is 0 Å². The summed E-state index contributed by atoms with van der Waals surface area (Å²) in [5, 5.41) is 8.63. The van der Waals surface area contributed by atoms with Crippen LogP contribution < -0.4 is 21.7 Å². The molecule has 0 aromatic heterocycles. The maximum atomic E-state index is 12.6. The molecule has 0 radical (unpaired) electrons. The summed E-state index contributed by atoms with van der Waals surface area (Å²) in [6, 6.07) is 14.1. The third-order valence-corrected chi connectivity index (χ3v) is 3.93. The highest BCUT2D eigenvalue weighted by Gasteiger charge is 2.14. The molecule has 132 valence electrons. The van der Waals surface area contributed by atoms with Gasteiger partial charge in [-0.2, -0.15) is 0 Å². The molecule has 6 heteroatoms. The van der Waals surface area contributed by atoms with Crippen LogP contribution in [0.3, 0.4) is 0 Å². The molecule has 5 N–H and O–H groups in total. The van der Waals surface area contributed by atoms with Crippen molar-refractivity contribution >= 4 is 17.6 Å². The first-order valence-corrected chi connectivity index (χ1v) is 8.21. The maximum absolute atomic E-state index is 12.6. The van der Waals surface area contributed by atoms with Crippen molar-refractivity contribution in [3.63, 3.8) is 0 Å². The van der Waals surface area contributed by atoms with Crippen molar-refractivity contribution in [3.8, 4) is 0 Å². The number of carbonyl (C=O) groups excluding carboxylic acids is 2. The molecule has 1 unspecified atom stereocenters. The molecule has 0 saturated heterocycles. The minimum Gasteiger partial charge on any atom is -0.351 e. The van der Waals surface area contributed by atoms with E-state index in [9.17, 15) is 9.59 Å². The Morgan fingerprint density at radius 2 is 1.76 bits per heavy atom. The molecule has 0 spiro atoms. The molecule has 0 bridgehead atoms. The lowest BCUT2D eigenvalue weighted by Crippen LogP contribution is -2.28. The fourth-order valence-corrected chi connectivity index (χ4v) is 2.57. The summed E-state index contributed by atoms with van der Waals surface area (Å²) >= 11 is 0. The van der Waals surface area contributed by atoms with Gasteiger partial charge < -0.3 is 21.7 Å². The Morgan fingerprint density at radius 1 is 1.08 bits per heavy atom. The molecule has 0 aliphatic rings. The van der Waals surface area contributed by atoms with Gasteiger partial charge in [0, 0.05) is 11.3 Å². The van der Waals surface area contributed by atoms with Gasteiger partial charge in [0.2, 0.25) is 0 Å². The Labute approximate surface area is 147 Å². The van der Waals surface area contributed by atoms with Gasteiger partial charge in [-0.25, -0.2) is 4.79 Å². The Balaban J connectivity index is 2.06. The van der Waals surface area contributed by atoms with Crippen LogP contribution in [0.5, 0.6) is 0 Å². The molecule has 2 rings (SSSR count). The molecule has 6 nitrogen and oxygen atoms in total. The molecule has 0 aliphatic carbocycles. The molecular formula is C19H24N4O2. The van der Waals surface area contributed by atoms with E-state index in [1.165, 1.54) is 0 Å². The molecule has 2 aromatic carbocycles. The van der Waals surface area contributed by atoms with Gasteiger partial charge in [-0.05, 0) is 56.3 Å². The average Bonchev–Trinajstić information content (AvgIpc) is 2.60. The van der Waals surface area contributed by atoms with Crippen LogP contribution in [0, 0.1) is 0 Å². The van der Waals surface area contributed by atoms with E-state index < -0.39 is 6.03 Å². The van der Waals surface area contributed by atoms with Crippen molar-refractivity contribution in [2.45, 2.75) is 19.4 Å². The van der Waals surface area contributed by atoms with Gasteiger partial charge in [0.05, 0.1) is 6.04 Å². The Morgan fingerprint density at radius 3 is 2.40 bits per heavy atom. The number of primary amides is 1.